The molecule has 1 fully saturated rings. The van der Waals surface area contributed by atoms with E-state index in [-0.39, 0.29) is 5.54 Å². The van der Waals surface area contributed by atoms with Crippen LogP contribution in [-0.2, 0) is 6.54 Å². The Bertz CT molecular complexity index is 409. The largest absolute Gasteiger partial charge is 0.316 e. The Hall–Kier alpha value is -1.37. The van der Waals surface area contributed by atoms with E-state index in [9.17, 15) is 5.26 Å². The van der Waals surface area contributed by atoms with Crippen molar-refractivity contribution in [3.8, 4) is 6.07 Å². The van der Waals surface area contributed by atoms with Crippen molar-refractivity contribution in [3.63, 3.8) is 0 Å². The summed E-state index contributed by atoms with van der Waals surface area (Å²) in [6, 6.07) is 12.8. The van der Waals surface area contributed by atoms with Crippen molar-refractivity contribution in [2.24, 2.45) is 5.92 Å². The van der Waals surface area contributed by atoms with Crippen LogP contribution in [0, 0.1) is 17.2 Å². The van der Waals surface area contributed by atoms with Crippen LogP contribution in [0.1, 0.15) is 25.3 Å². The van der Waals surface area contributed by atoms with Gasteiger partial charge in [0.15, 0.2) is 0 Å². The third-order valence-corrected chi connectivity index (χ3v) is 3.93. The second kappa shape index (κ2) is 5.99. The number of nitriles is 1. The van der Waals surface area contributed by atoms with Crippen LogP contribution in [0.25, 0.3) is 0 Å². The summed E-state index contributed by atoms with van der Waals surface area (Å²) in [6.07, 6.45) is 1.91. The standard InChI is InChI=1S/C15H21N3/c1-2-14-11-17-9-8-15(14,12-16)18-10-13-6-4-3-5-7-13/h3-7,14,17-18H,2,8-11H2,1H3. The van der Waals surface area contributed by atoms with Crippen LogP contribution in [-0.4, -0.2) is 18.6 Å². The first kappa shape index (κ1) is 13.1. The van der Waals surface area contributed by atoms with Crippen LogP contribution < -0.4 is 10.6 Å². The summed E-state index contributed by atoms with van der Waals surface area (Å²) in [5, 5.41) is 16.5. The molecule has 2 unspecified atom stereocenters. The highest BCUT2D eigenvalue weighted by Gasteiger charge is 2.39. The van der Waals surface area contributed by atoms with Crippen LogP contribution in [0.5, 0.6) is 0 Å². The van der Waals surface area contributed by atoms with Crippen LogP contribution in [0.3, 0.4) is 0 Å². The molecular weight excluding hydrogens is 222 g/mol. The summed E-state index contributed by atoms with van der Waals surface area (Å²) in [6.45, 7) is 4.79. The molecule has 2 rings (SSSR count). The summed E-state index contributed by atoms with van der Waals surface area (Å²) in [7, 11) is 0. The Balaban J connectivity index is 2.06. The number of nitrogens with zero attached hydrogens (tertiary/aromatic N) is 1. The molecule has 1 aliphatic rings. The summed E-state index contributed by atoms with van der Waals surface area (Å²) in [4.78, 5) is 0. The van der Waals surface area contributed by atoms with E-state index in [4.69, 9.17) is 0 Å². The molecular formula is C15H21N3. The second-order valence-corrected chi connectivity index (χ2v) is 4.98. The molecule has 0 aliphatic carbocycles. The van der Waals surface area contributed by atoms with E-state index in [2.05, 4.69) is 35.8 Å². The Morgan fingerprint density at radius 1 is 1.44 bits per heavy atom. The van der Waals surface area contributed by atoms with E-state index >= 15 is 0 Å². The Morgan fingerprint density at radius 3 is 2.89 bits per heavy atom. The highest BCUT2D eigenvalue weighted by Crippen LogP contribution is 2.27. The van der Waals surface area contributed by atoms with Crippen molar-refractivity contribution in [2.45, 2.75) is 31.8 Å². The zero-order chi connectivity index (χ0) is 12.8. The van der Waals surface area contributed by atoms with Gasteiger partial charge in [-0.3, -0.25) is 5.32 Å². The van der Waals surface area contributed by atoms with Gasteiger partial charge in [0.1, 0.15) is 5.54 Å². The molecule has 1 aliphatic heterocycles. The predicted octanol–water partition coefficient (Wildman–Crippen LogP) is 2.06. The minimum absolute atomic E-state index is 0.365. The lowest BCUT2D eigenvalue weighted by atomic mass is 9.78. The monoisotopic (exact) mass is 243 g/mol. The average molecular weight is 243 g/mol. The lowest BCUT2D eigenvalue weighted by Gasteiger charge is -2.39. The fraction of sp³-hybridized carbons (Fsp3) is 0.533. The van der Waals surface area contributed by atoms with E-state index < -0.39 is 0 Å². The van der Waals surface area contributed by atoms with E-state index in [0.29, 0.717) is 5.92 Å². The zero-order valence-electron chi connectivity index (χ0n) is 10.9. The third-order valence-electron chi connectivity index (χ3n) is 3.93. The maximum atomic E-state index is 9.58. The van der Waals surface area contributed by atoms with Gasteiger partial charge in [0.05, 0.1) is 6.07 Å². The van der Waals surface area contributed by atoms with Gasteiger partial charge in [-0.2, -0.15) is 5.26 Å². The first-order valence-corrected chi connectivity index (χ1v) is 6.71. The SMILES string of the molecule is CCC1CNCCC1(C#N)NCc1ccccc1. The molecule has 0 bridgehead atoms. The smallest absolute Gasteiger partial charge is 0.112 e. The normalized spacial score (nSPS) is 27.7. The molecule has 0 saturated carbocycles. The number of nitrogens with one attached hydrogen (secondary N) is 2. The molecule has 2 N–H and O–H groups in total. The van der Waals surface area contributed by atoms with Crippen LogP contribution >= 0.6 is 0 Å². The van der Waals surface area contributed by atoms with Crippen molar-refractivity contribution in [2.75, 3.05) is 13.1 Å². The molecule has 1 aromatic carbocycles. The Labute approximate surface area is 109 Å². The molecule has 2 atom stereocenters. The van der Waals surface area contributed by atoms with E-state index in [1.54, 1.807) is 0 Å². The second-order valence-electron chi connectivity index (χ2n) is 4.98. The van der Waals surface area contributed by atoms with E-state index in [1.807, 2.05) is 18.2 Å². The van der Waals surface area contributed by atoms with Gasteiger partial charge in [0, 0.05) is 19.0 Å². The molecule has 0 spiro atoms. The average Bonchev–Trinajstić information content (AvgIpc) is 2.46. The van der Waals surface area contributed by atoms with Crippen molar-refractivity contribution in [1.82, 2.24) is 10.6 Å². The summed E-state index contributed by atoms with van der Waals surface area (Å²) in [5.74, 6) is 0.389. The maximum Gasteiger partial charge on any atom is 0.112 e. The van der Waals surface area contributed by atoms with Crippen molar-refractivity contribution >= 4 is 0 Å². The molecule has 1 heterocycles. The Morgan fingerprint density at radius 2 is 2.22 bits per heavy atom. The maximum absolute atomic E-state index is 9.58. The number of rotatable bonds is 4. The van der Waals surface area contributed by atoms with Crippen LogP contribution in [0.15, 0.2) is 30.3 Å². The van der Waals surface area contributed by atoms with Crippen molar-refractivity contribution < 1.29 is 0 Å². The zero-order valence-corrected chi connectivity index (χ0v) is 10.9. The van der Waals surface area contributed by atoms with E-state index in [1.165, 1.54) is 5.56 Å². The van der Waals surface area contributed by atoms with Crippen molar-refractivity contribution in [1.29, 1.82) is 5.26 Å². The molecule has 3 nitrogen and oxygen atoms in total. The molecule has 96 valence electrons. The van der Waals surface area contributed by atoms with Crippen molar-refractivity contribution in [3.05, 3.63) is 35.9 Å². The highest BCUT2D eigenvalue weighted by molar-refractivity contribution is 5.18. The lowest BCUT2D eigenvalue weighted by molar-refractivity contribution is 0.204. The highest BCUT2D eigenvalue weighted by atomic mass is 15.0. The molecule has 0 amide bonds. The quantitative estimate of drug-likeness (QED) is 0.851. The molecule has 18 heavy (non-hydrogen) atoms. The third kappa shape index (κ3) is 2.72. The molecule has 1 aromatic rings. The number of benzene rings is 1. The van der Waals surface area contributed by atoms with Gasteiger partial charge >= 0.3 is 0 Å². The summed E-state index contributed by atoms with van der Waals surface area (Å²) < 4.78 is 0. The van der Waals surface area contributed by atoms with Gasteiger partial charge in [-0.05, 0) is 24.9 Å². The fourth-order valence-corrected chi connectivity index (χ4v) is 2.71. The Kier molecular flexibility index (Phi) is 4.35. The van der Waals surface area contributed by atoms with Gasteiger partial charge in [0.2, 0.25) is 0 Å². The van der Waals surface area contributed by atoms with Crippen LogP contribution in [0.2, 0.25) is 0 Å². The fourth-order valence-electron chi connectivity index (χ4n) is 2.71. The van der Waals surface area contributed by atoms with Gasteiger partial charge in [-0.25, -0.2) is 0 Å². The number of hydrogen-bond donors (Lipinski definition) is 2. The van der Waals surface area contributed by atoms with Gasteiger partial charge in [0.25, 0.3) is 0 Å². The van der Waals surface area contributed by atoms with E-state index in [0.717, 1.165) is 32.5 Å². The first-order chi connectivity index (χ1) is 8.80. The minimum atomic E-state index is -0.365. The predicted molar refractivity (Wildman–Crippen MR) is 72.9 cm³/mol. The number of hydrogen-bond acceptors (Lipinski definition) is 3. The first-order valence-electron chi connectivity index (χ1n) is 6.71. The lowest BCUT2D eigenvalue weighted by Crippen LogP contribution is -2.57. The summed E-state index contributed by atoms with van der Waals surface area (Å²) in [5.41, 5.74) is 0.871. The van der Waals surface area contributed by atoms with Gasteiger partial charge in [-0.1, -0.05) is 37.3 Å². The molecule has 0 aromatic heterocycles. The van der Waals surface area contributed by atoms with Gasteiger partial charge in [-0.15, -0.1) is 0 Å². The minimum Gasteiger partial charge on any atom is -0.316 e. The van der Waals surface area contributed by atoms with Crippen LogP contribution in [0.4, 0.5) is 0 Å². The molecule has 0 radical (unpaired) electrons. The molecule has 3 heteroatoms. The topological polar surface area (TPSA) is 47.9 Å². The number of piperidine rings is 1. The molecule has 1 saturated heterocycles. The summed E-state index contributed by atoms with van der Waals surface area (Å²) >= 11 is 0. The van der Waals surface area contributed by atoms with Gasteiger partial charge < -0.3 is 5.32 Å².